The number of hydrogen-bond acceptors (Lipinski definition) is 3. The van der Waals surface area contributed by atoms with Gasteiger partial charge in [0.25, 0.3) is 0 Å². The molecule has 0 saturated carbocycles. The van der Waals surface area contributed by atoms with Gasteiger partial charge in [-0.2, -0.15) is 0 Å². The third-order valence-corrected chi connectivity index (χ3v) is 2.43. The average molecular weight is 263 g/mol. The second-order valence-corrected chi connectivity index (χ2v) is 3.99. The Labute approximate surface area is 114 Å². The summed E-state index contributed by atoms with van der Waals surface area (Å²) in [5.74, 6) is 1.29. The van der Waals surface area contributed by atoms with E-state index in [1.54, 1.807) is 13.2 Å². The van der Waals surface area contributed by atoms with E-state index >= 15 is 0 Å². The number of benzene rings is 1. The normalized spacial score (nSPS) is 10.5. The van der Waals surface area contributed by atoms with E-state index in [-0.39, 0.29) is 5.91 Å². The maximum atomic E-state index is 11.3. The molecule has 1 aromatic rings. The summed E-state index contributed by atoms with van der Waals surface area (Å²) in [7, 11) is 1.60. The Morgan fingerprint density at radius 1 is 1.32 bits per heavy atom. The molecule has 4 nitrogen and oxygen atoms in total. The zero-order chi connectivity index (χ0) is 14.1. The molecule has 0 saturated heterocycles. The Balaban J connectivity index is 2.78. The van der Waals surface area contributed by atoms with Crippen molar-refractivity contribution in [3.05, 3.63) is 29.8 Å². The van der Waals surface area contributed by atoms with E-state index in [1.165, 1.54) is 6.08 Å². The minimum absolute atomic E-state index is 0.104. The molecule has 0 atom stereocenters. The highest BCUT2D eigenvalue weighted by Gasteiger charge is 2.04. The number of nitrogens with one attached hydrogen (secondary N) is 1. The van der Waals surface area contributed by atoms with Crippen LogP contribution in [-0.4, -0.2) is 26.2 Å². The lowest BCUT2D eigenvalue weighted by Crippen LogP contribution is -2.19. The van der Waals surface area contributed by atoms with Crippen LogP contribution in [0, 0.1) is 0 Å². The van der Waals surface area contributed by atoms with E-state index in [9.17, 15) is 4.79 Å². The smallest absolute Gasteiger partial charge is 0.243 e. The number of amides is 1. The average Bonchev–Trinajstić information content (AvgIpc) is 2.43. The van der Waals surface area contributed by atoms with Crippen molar-refractivity contribution in [2.75, 3.05) is 20.3 Å². The molecule has 0 aliphatic heterocycles. The first-order chi connectivity index (χ1) is 9.21. The molecular formula is C15H21NO3. The predicted octanol–water partition coefficient (Wildman–Crippen LogP) is 2.63. The molecule has 0 radical (unpaired) electrons. The van der Waals surface area contributed by atoms with E-state index in [2.05, 4.69) is 12.2 Å². The van der Waals surface area contributed by atoms with E-state index in [1.807, 2.05) is 25.1 Å². The van der Waals surface area contributed by atoms with Crippen molar-refractivity contribution in [1.82, 2.24) is 5.32 Å². The molecule has 0 aliphatic carbocycles. The van der Waals surface area contributed by atoms with Crippen LogP contribution in [0.1, 0.15) is 25.8 Å². The standard InChI is InChI=1S/C15H21NO3/c1-4-10-19-13-8-6-12(11-14(13)18-3)7-9-15(17)16-5-2/h6-9,11H,4-5,10H2,1-3H3,(H,16,17). The summed E-state index contributed by atoms with van der Waals surface area (Å²) in [5.41, 5.74) is 0.895. The van der Waals surface area contributed by atoms with E-state index in [0.717, 1.165) is 17.7 Å². The summed E-state index contributed by atoms with van der Waals surface area (Å²) in [6, 6.07) is 5.59. The Kier molecular flexibility index (Phi) is 6.50. The fourth-order valence-electron chi connectivity index (χ4n) is 1.52. The van der Waals surface area contributed by atoms with Gasteiger partial charge < -0.3 is 14.8 Å². The van der Waals surface area contributed by atoms with E-state index in [4.69, 9.17) is 9.47 Å². The zero-order valence-electron chi connectivity index (χ0n) is 11.7. The molecule has 0 aromatic heterocycles. The molecular weight excluding hydrogens is 242 g/mol. The highest BCUT2D eigenvalue weighted by atomic mass is 16.5. The quantitative estimate of drug-likeness (QED) is 0.769. The van der Waals surface area contributed by atoms with Gasteiger partial charge in [-0.3, -0.25) is 4.79 Å². The van der Waals surface area contributed by atoms with Crippen LogP contribution in [0.4, 0.5) is 0 Å². The van der Waals surface area contributed by atoms with Gasteiger partial charge in [0.15, 0.2) is 11.5 Å². The lowest BCUT2D eigenvalue weighted by molar-refractivity contribution is -0.116. The van der Waals surface area contributed by atoms with Crippen LogP contribution in [0.15, 0.2) is 24.3 Å². The number of rotatable bonds is 7. The SMILES string of the molecule is CCCOc1ccc(C=CC(=O)NCC)cc1OC. The van der Waals surface area contributed by atoms with Gasteiger partial charge in [0.05, 0.1) is 13.7 Å². The summed E-state index contributed by atoms with van der Waals surface area (Å²) in [5, 5.41) is 2.70. The van der Waals surface area contributed by atoms with Gasteiger partial charge in [-0.05, 0) is 37.1 Å². The molecule has 1 rings (SSSR count). The first-order valence-electron chi connectivity index (χ1n) is 6.48. The van der Waals surface area contributed by atoms with E-state index in [0.29, 0.717) is 18.9 Å². The third kappa shape index (κ3) is 5.04. The number of methoxy groups -OCH3 is 1. The van der Waals surface area contributed by atoms with Gasteiger partial charge >= 0.3 is 0 Å². The highest BCUT2D eigenvalue weighted by molar-refractivity contribution is 5.91. The van der Waals surface area contributed by atoms with Crippen LogP contribution in [-0.2, 0) is 4.79 Å². The maximum Gasteiger partial charge on any atom is 0.243 e. The van der Waals surface area contributed by atoms with Crippen LogP contribution in [0.2, 0.25) is 0 Å². The largest absolute Gasteiger partial charge is 0.493 e. The summed E-state index contributed by atoms with van der Waals surface area (Å²) in [6.07, 6.45) is 4.20. The molecule has 0 heterocycles. The van der Waals surface area contributed by atoms with Crippen molar-refractivity contribution in [1.29, 1.82) is 0 Å². The van der Waals surface area contributed by atoms with Gasteiger partial charge in [0.2, 0.25) is 5.91 Å². The maximum absolute atomic E-state index is 11.3. The monoisotopic (exact) mass is 263 g/mol. The summed E-state index contributed by atoms with van der Waals surface area (Å²) < 4.78 is 10.8. The molecule has 1 aromatic carbocycles. The summed E-state index contributed by atoms with van der Waals surface area (Å²) >= 11 is 0. The van der Waals surface area contributed by atoms with Gasteiger partial charge in [-0.25, -0.2) is 0 Å². The molecule has 104 valence electrons. The Morgan fingerprint density at radius 2 is 2.11 bits per heavy atom. The van der Waals surface area contributed by atoms with Crippen LogP contribution in [0.5, 0.6) is 11.5 Å². The highest BCUT2D eigenvalue weighted by Crippen LogP contribution is 2.28. The second kappa shape index (κ2) is 8.19. The van der Waals surface area contributed by atoms with Gasteiger partial charge in [-0.15, -0.1) is 0 Å². The van der Waals surface area contributed by atoms with Crippen molar-refractivity contribution < 1.29 is 14.3 Å². The predicted molar refractivity (Wildman–Crippen MR) is 76.5 cm³/mol. The molecule has 0 unspecified atom stereocenters. The van der Waals surface area contributed by atoms with Gasteiger partial charge in [-0.1, -0.05) is 13.0 Å². The fraction of sp³-hybridized carbons (Fsp3) is 0.400. The summed E-state index contributed by atoms with van der Waals surface area (Å²) in [6.45, 7) is 5.21. The van der Waals surface area contributed by atoms with Crippen molar-refractivity contribution in [2.24, 2.45) is 0 Å². The number of hydrogen-bond donors (Lipinski definition) is 1. The van der Waals surface area contributed by atoms with Crippen LogP contribution in [0.25, 0.3) is 6.08 Å². The topological polar surface area (TPSA) is 47.6 Å². The Hall–Kier alpha value is -1.97. The Morgan fingerprint density at radius 3 is 2.74 bits per heavy atom. The number of carbonyl (C=O) groups is 1. The second-order valence-electron chi connectivity index (χ2n) is 3.99. The lowest BCUT2D eigenvalue weighted by Gasteiger charge is -2.10. The number of ether oxygens (including phenoxy) is 2. The van der Waals surface area contributed by atoms with Crippen LogP contribution in [0.3, 0.4) is 0 Å². The molecule has 0 fully saturated rings. The molecule has 4 heteroatoms. The Bertz CT molecular complexity index is 441. The molecule has 1 N–H and O–H groups in total. The lowest BCUT2D eigenvalue weighted by atomic mass is 10.2. The van der Waals surface area contributed by atoms with Crippen LogP contribution >= 0.6 is 0 Å². The van der Waals surface area contributed by atoms with Crippen molar-refractivity contribution in [3.63, 3.8) is 0 Å². The molecule has 0 bridgehead atoms. The van der Waals surface area contributed by atoms with E-state index < -0.39 is 0 Å². The van der Waals surface area contributed by atoms with Gasteiger partial charge in [0.1, 0.15) is 0 Å². The first kappa shape index (κ1) is 15.1. The molecule has 19 heavy (non-hydrogen) atoms. The minimum atomic E-state index is -0.104. The van der Waals surface area contributed by atoms with Crippen LogP contribution < -0.4 is 14.8 Å². The fourth-order valence-corrected chi connectivity index (χ4v) is 1.52. The number of carbonyl (C=O) groups excluding carboxylic acids is 1. The molecule has 0 aliphatic rings. The third-order valence-electron chi connectivity index (χ3n) is 2.43. The van der Waals surface area contributed by atoms with Crippen molar-refractivity contribution in [3.8, 4) is 11.5 Å². The molecule has 0 spiro atoms. The van der Waals surface area contributed by atoms with Crippen molar-refractivity contribution >= 4 is 12.0 Å². The summed E-state index contributed by atoms with van der Waals surface area (Å²) in [4.78, 5) is 11.3. The molecule has 1 amide bonds. The number of likely N-dealkylation sites (N-methyl/N-ethyl adjacent to an activating group) is 1. The minimum Gasteiger partial charge on any atom is -0.493 e. The van der Waals surface area contributed by atoms with Crippen molar-refractivity contribution in [2.45, 2.75) is 20.3 Å². The van der Waals surface area contributed by atoms with Gasteiger partial charge in [0, 0.05) is 12.6 Å². The first-order valence-corrected chi connectivity index (χ1v) is 6.48. The zero-order valence-corrected chi connectivity index (χ0v) is 11.7.